The molecule has 1 heterocycles. The van der Waals surface area contributed by atoms with Gasteiger partial charge in [-0.1, -0.05) is 36.4 Å². The molecule has 1 atom stereocenters. The highest BCUT2D eigenvalue weighted by molar-refractivity contribution is 7.89. The number of rotatable bonds is 8. The zero-order valence-electron chi connectivity index (χ0n) is 21.4. The Hall–Kier alpha value is -4.15. The van der Waals surface area contributed by atoms with Crippen molar-refractivity contribution in [3.63, 3.8) is 0 Å². The minimum Gasteiger partial charge on any atom is -0.424 e. The van der Waals surface area contributed by atoms with E-state index in [0.717, 1.165) is 23.0 Å². The SMILES string of the molecule is CC(NS(=O)(=O)c1ccccc1)C(=O)Oc1cc([N+](=O)[O-])ccc1C=CC1=[N+](C)c2ccccc2C1(C)C. The van der Waals surface area contributed by atoms with Gasteiger partial charge in [0.05, 0.1) is 21.3 Å². The van der Waals surface area contributed by atoms with E-state index in [1.165, 1.54) is 31.2 Å². The van der Waals surface area contributed by atoms with Gasteiger partial charge in [-0.15, -0.1) is 0 Å². The van der Waals surface area contributed by atoms with Gasteiger partial charge in [-0.25, -0.2) is 13.2 Å². The molecule has 0 radical (unpaired) electrons. The molecule has 0 aromatic heterocycles. The summed E-state index contributed by atoms with van der Waals surface area (Å²) >= 11 is 0. The third kappa shape index (κ3) is 5.27. The number of nitro groups is 1. The summed E-state index contributed by atoms with van der Waals surface area (Å²) in [5.41, 5.74) is 3.09. The fraction of sp³-hybridized carbons (Fsp3) is 0.214. The minimum atomic E-state index is -3.98. The largest absolute Gasteiger partial charge is 0.424 e. The molecule has 0 aliphatic carbocycles. The fourth-order valence-electron chi connectivity index (χ4n) is 4.48. The number of nitrogens with zero attached hydrogens (tertiary/aromatic N) is 2. The van der Waals surface area contributed by atoms with E-state index < -0.39 is 27.0 Å². The Labute approximate surface area is 221 Å². The van der Waals surface area contributed by atoms with Crippen molar-refractivity contribution in [3.8, 4) is 5.75 Å². The monoisotopic (exact) mass is 534 g/mol. The average molecular weight is 535 g/mol. The summed E-state index contributed by atoms with van der Waals surface area (Å²) in [7, 11) is -2.01. The quantitative estimate of drug-likeness (QED) is 0.149. The number of benzene rings is 3. The van der Waals surface area contributed by atoms with Crippen LogP contribution in [0, 0.1) is 10.1 Å². The molecule has 196 valence electrons. The summed E-state index contributed by atoms with van der Waals surface area (Å²) < 4.78 is 35.1. The predicted molar refractivity (Wildman–Crippen MR) is 144 cm³/mol. The van der Waals surface area contributed by atoms with Crippen molar-refractivity contribution in [2.45, 2.75) is 37.1 Å². The van der Waals surface area contributed by atoms with Gasteiger partial charge in [0.25, 0.3) is 5.69 Å². The standard InChI is InChI=1S/C28H28N3O6S/c1-19(29-38(35,36)22-10-6-5-7-11-22)27(32)37-25-18-21(31(33)34)16-14-20(25)15-17-26-28(2,3)23-12-8-9-13-24(23)30(26)4/h5-19,29H,1-4H3/q+1. The van der Waals surface area contributed by atoms with Gasteiger partial charge in [-0.05, 0) is 45.0 Å². The van der Waals surface area contributed by atoms with Crippen LogP contribution in [0.1, 0.15) is 31.9 Å². The molecule has 3 aromatic carbocycles. The van der Waals surface area contributed by atoms with Crippen molar-refractivity contribution in [1.29, 1.82) is 0 Å². The number of nitro benzene ring substituents is 1. The van der Waals surface area contributed by atoms with Gasteiger partial charge < -0.3 is 4.74 Å². The minimum absolute atomic E-state index is 0.0000551. The first-order valence-electron chi connectivity index (χ1n) is 11.9. The van der Waals surface area contributed by atoms with Crippen LogP contribution in [0.5, 0.6) is 5.75 Å². The lowest BCUT2D eigenvalue weighted by molar-refractivity contribution is -0.401. The smallest absolute Gasteiger partial charge is 0.329 e. The molecule has 1 unspecified atom stereocenters. The van der Waals surface area contributed by atoms with Crippen molar-refractivity contribution in [3.05, 3.63) is 100 Å². The first-order valence-corrected chi connectivity index (χ1v) is 13.4. The van der Waals surface area contributed by atoms with Crippen molar-refractivity contribution in [1.82, 2.24) is 4.72 Å². The van der Waals surface area contributed by atoms with Crippen LogP contribution in [0.4, 0.5) is 11.4 Å². The van der Waals surface area contributed by atoms with Crippen molar-refractivity contribution < 1.29 is 27.4 Å². The molecule has 0 saturated carbocycles. The normalized spacial score (nSPS) is 15.4. The number of non-ortho nitro benzene ring substituents is 1. The van der Waals surface area contributed by atoms with E-state index in [1.807, 2.05) is 31.3 Å². The third-order valence-electron chi connectivity index (χ3n) is 6.52. The lowest BCUT2D eigenvalue weighted by Gasteiger charge is -2.16. The van der Waals surface area contributed by atoms with Gasteiger partial charge >= 0.3 is 5.97 Å². The number of para-hydroxylation sites is 1. The van der Waals surface area contributed by atoms with Crippen molar-refractivity contribution in [2.24, 2.45) is 0 Å². The molecule has 10 heteroatoms. The van der Waals surface area contributed by atoms with Gasteiger partial charge in [-0.2, -0.15) is 9.30 Å². The Kier molecular flexibility index (Phi) is 7.30. The van der Waals surface area contributed by atoms with Crippen LogP contribution in [0.25, 0.3) is 6.08 Å². The zero-order chi connectivity index (χ0) is 27.7. The van der Waals surface area contributed by atoms with Crippen molar-refractivity contribution >= 4 is 39.2 Å². The van der Waals surface area contributed by atoms with E-state index in [1.54, 1.807) is 24.3 Å². The maximum atomic E-state index is 12.9. The lowest BCUT2D eigenvalue weighted by atomic mass is 9.81. The highest BCUT2D eigenvalue weighted by Gasteiger charge is 2.42. The van der Waals surface area contributed by atoms with Gasteiger partial charge in [0.15, 0.2) is 5.71 Å². The number of fused-ring (bicyclic) bond motifs is 1. The molecular formula is C28H28N3O6S+. The van der Waals surface area contributed by atoms with E-state index in [9.17, 15) is 23.3 Å². The predicted octanol–water partition coefficient (Wildman–Crippen LogP) is 4.59. The van der Waals surface area contributed by atoms with Crippen LogP contribution in [-0.4, -0.2) is 42.7 Å². The Morgan fingerprint density at radius 3 is 2.37 bits per heavy atom. The van der Waals surface area contributed by atoms with E-state index in [4.69, 9.17) is 4.74 Å². The summed E-state index contributed by atoms with van der Waals surface area (Å²) in [6.07, 6.45) is 3.62. The summed E-state index contributed by atoms with van der Waals surface area (Å²) in [6.45, 7) is 5.55. The molecular weight excluding hydrogens is 506 g/mol. The third-order valence-corrected chi connectivity index (χ3v) is 8.08. The second-order valence-electron chi connectivity index (χ2n) is 9.48. The molecule has 9 nitrogen and oxygen atoms in total. The van der Waals surface area contributed by atoms with Gasteiger partial charge in [0, 0.05) is 29.3 Å². The van der Waals surface area contributed by atoms with E-state index in [0.29, 0.717) is 5.56 Å². The van der Waals surface area contributed by atoms with Gasteiger partial charge in [0.1, 0.15) is 18.8 Å². The molecule has 0 fully saturated rings. The van der Waals surface area contributed by atoms with Crippen LogP contribution < -0.4 is 9.46 Å². The summed E-state index contributed by atoms with van der Waals surface area (Å²) in [5, 5.41) is 11.4. The number of carbonyl (C=O) groups excluding carboxylic acids is 1. The molecule has 3 aromatic rings. The second kappa shape index (κ2) is 10.3. The fourth-order valence-corrected chi connectivity index (χ4v) is 5.69. The van der Waals surface area contributed by atoms with E-state index in [-0.39, 0.29) is 21.7 Å². The molecule has 4 rings (SSSR count). The van der Waals surface area contributed by atoms with Crippen LogP contribution >= 0.6 is 0 Å². The number of sulfonamides is 1. The maximum Gasteiger partial charge on any atom is 0.329 e. The number of allylic oxidation sites excluding steroid dienone is 1. The van der Waals surface area contributed by atoms with E-state index >= 15 is 0 Å². The van der Waals surface area contributed by atoms with E-state index in [2.05, 4.69) is 29.2 Å². The van der Waals surface area contributed by atoms with Gasteiger partial charge in [0.2, 0.25) is 15.7 Å². The molecule has 0 bridgehead atoms. The van der Waals surface area contributed by atoms with Crippen LogP contribution in [-0.2, 0) is 20.2 Å². The van der Waals surface area contributed by atoms with Crippen molar-refractivity contribution in [2.75, 3.05) is 7.05 Å². The maximum absolute atomic E-state index is 12.9. The number of hydrogen-bond donors (Lipinski definition) is 1. The highest BCUT2D eigenvalue weighted by Crippen LogP contribution is 2.39. The Balaban J connectivity index is 1.62. The summed E-state index contributed by atoms with van der Waals surface area (Å²) in [6, 6.07) is 18.4. The van der Waals surface area contributed by atoms with Crippen LogP contribution in [0.2, 0.25) is 0 Å². The molecule has 1 aliphatic rings. The number of nitrogens with one attached hydrogen (secondary N) is 1. The first kappa shape index (κ1) is 26.9. The molecule has 0 saturated heterocycles. The topological polar surface area (TPSA) is 119 Å². The second-order valence-corrected chi connectivity index (χ2v) is 11.2. The number of hydrogen-bond acceptors (Lipinski definition) is 6. The molecule has 38 heavy (non-hydrogen) atoms. The zero-order valence-corrected chi connectivity index (χ0v) is 22.2. The highest BCUT2D eigenvalue weighted by atomic mass is 32.2. The summed E-state index contributed by atoms with van der Waals surface area (Å²) in [4.78, 5) is 23.7. The number of esters is 1. The lowest BCUT2D eigenvalue weighted by Crippen LogP contribution is -2.40. The summed E-state index contributed by atoms with van der Waals surface area (Å²) in [5.74, 6) is -0.958. The first-order chi connectivity index (χ1) is 17.9. The van der Waals surface area contributed by atoms with Crippen LogP contribution in [0.15, 0.2) is 83.8 Å². The molecule has 1 N–H and O–H groups in total. The molecule has 0 amide bonds. The van der Waals surface area contributed by atoms with Gasteiger partial charge in [-0.3, -0.25) is 10.1 Å². The number of ether oxygens (including phenoxy) is 1. The Morgan fingerprint density at radius 2 is 1.71 bits per heavy atom. The Morgan fingerprint density at radius 1 is 1.05 bits per heavy atom. The average Bonchev–Trinajstić information content (AvgIpc) is 3.08. The Bertz CT molecular complexity index is 1580. The molecule has 0 spiro atoms. The van der Waals surface area contributed by atoms with Crippen LogP contribution in [0.3, 0.4) is 0 Å². The molecule has 1 aliphatic heterocycles. The number of carbonyl (C=O) groups is 1.